The third kappa shape index (κ3) is 4.50. The summed E-state index contributed by atoms with van der Waals surface area (Å²) in [6, 6.07) is 10.3. The summed E-state index contributed by atoms with van der Waals surface area (Å²) in [4.78, 5) is 11.9. The third-order valence-corrected chi connectivity index (χ3v) is 3.31. The van der Waals surface area contributed by atoms with Crippen molar-refractivity contribution in [1.82, 2.24) is 5.32 Å². The van der Waals surface area contributed by atoms with Crippen molar-refractivity contribution in [2.45, 2.75) is 19.5 Å². The topological polar surface area (TPSA) is 61.4 Å². The number of hydrogen-bond acceptors (Lipinski definition) is 3. The SMILES string of the molecule is CC(CO)NC(=O)c1ccc(NCc2cccc(F)c2F)cc1. The summed E-state index contributed by atoms with van der Waals surface area (Å²) in [7, 11) is 0. The molecule has 0 aliphatic carbocycles. The molecule has 3 N–H and O–H groups in total. The van der Waals surface area contributed by atoms with Gasteiger partial charge in [-0.05, 0) is 37.3 Å². The molecule has 0 saturated carbocycles. The Morgan fingerprint density at radius 3 is 2.52 bits per heavy atom. The summed E-state index contributed by atoms with van der Waals surface area (Å²) >= 11 is 0. The lowest BCUT2D eigenvalue weighted by Crippen LogP contribution is -2.34. The molecular weight excluding hydrogens is 302 g/mol. The van der Waals surface area contributed by atoms with Gasteiger partial charge in [-0.3, -0.25) is 4.79 Å². The number of rotatable bonds is 6. The summed E-state index contributed by atoms with van der Waals surface area (Å²) in [5, 5.41) is 14.5. The second-order valence-corrected chi connectivity index (χ2v) is 5.20. The Kier molecular flexibility index (Phi) is 5.65. The van der Waals surface area contributed by atoms with Crippen molar-refractivity contribution in [3.8, 4) is 0 Å². The Labute approximate surface area is 133 Å². The second-order valence-electron chi connectivity index (χ2n) is 5.20. The van der Waals surface area contributed by atoms with Crippen molar-refractivity contribution in [2.24, 2.45) is 0 Å². The molecule has 122 valence electrons. The van der Waals surface area contributed by atoms with E-state index in [0.717, 1.165) is 6.07 Å². The zero-order chi connectivity index (χ0) is 16.8. The van der Waals surface area contributed by atoms with Crippen LogP contribution in [-0.4, -0.2) is 23.7 Å². The molecule has 0 radical (unpaired) electrons. The highest BCUT2D eigenvalue weighted by atomic mass is 19.2. The molecule has 1 unspecified atom stereocenters. The Balaban J connectivity index is 1.97. The van der Waals surface area contributed by atoms with Crippen molar-refractivity contribution in [3.63, 3.8) is 0 Å². The molecule has 6 heteroatoms. The maximum Gasteiger partial charge on any atom is 0.251 e. The Bertz CT molecular complexity index is 675. The smallest absolute Gasteiger partial charge is 0.251 e. The van der Waals surface area contributed by atoms with Gasteiger partial charge in [-0.15, -0.1) is 0 Å². The van der Waals surface area contributed by atoms with E-state index in [4.69, 9.17) is 5.11 Å². The first-order valence-electron chi connectivity index (χ1n) is 7.20. The number of aliphatic hydroxyl groups is 1. The van der Waals surface area contributed by atoms with Crippen molar-refractivity contribution in [3.05, 3.63) is 65.2 Å². The second kappa shape index (κ2) is 7.69. The van der Waals surface area contributed by atoms with Crippen LogP contribution in [0.2, 0.25) is 0 Å². The van der Waals surface area contributed by atoms with E-state index in [1.165, 1.54) is 12.1 Å². The number of hydrogen-bond donors (Lipinski definition) is 3. The van der Waals surface area contributed by atoms with Gasteiger partial charge in [0.2, 0.25) is 0 Å². The van der Waals surface area contributed by atoms with E-state index in [1.54, 1.807) is 31.2 Å². The minimum atomic E-state index is -0.880. The largest absolute Gasteiger partial charge is 0.394 e. The molecule has 2 rings (SSSR count). The fourth-order valence-electron chi connectivity index (χ4n) is 1.97. The molecule has 4 nitrogen and oxygen atoms in total. The van der Waals surface area contributed by atoms with Crippen molar-refractivity contribution < 1.29 is 18.7 Å². The molecule has 0 aromatic heterocycles. The van der Waals surface area contributed by atoms with Crippen LogP contribution < -0.4 is 10.6 Å². The highest BCUT2D eigenvalue weighted by Gasteiger charge is 2.09. The molecule has 0 heterocycles. The molecule has 23 heavy (non-hydrogen) atoms. The standard InChI is InChI=1S/C17H18F2N2O2/c1-11(10-22)21-17(23)12-5-7-14(8-6-12)20-9-13-3-2-4-15(18)16(13)19/h2-8,11,20,22H,9-10H2,1H3,(H,21,23). The lowest BCUT2D eigenvalue weighted by atomic mass is 10.1. The Morgan fingerprint density at radius 2 is 1.87 bits per heavy atom. The van der Waals surface area contributed by atoms with E-state index in [-0.39, 0.29) is 30.7 Å². The number of carbonyl (C=O) groups excluding carboxylic acids is 1. The quantitative estimate of drug-likeness (QED) is 0.767. The molecular formula is C17H18F2N2O2. The molecule has 1 atom stereocenters. The molecule has 0 aliphatic heterocycles. The number of carbonyl (C=O) groups is 1. The molecule has 0 fully saturated rings. The fourth-order valence-corrected chi connectivity index (χ4v) is 1.97. The first-order chi connectivity index (χ1) is 11.0. The van der Waals surface area contributed by atoms with Crippen LogP contribution in [-0.2, 0) is 6.54 Å². The van der Waals surface area contributed by atoms with Gasteiger partial charge < -0.3 is 15.7 Å². The normalized spacial score (nSPS) is 11.8. The van der Waals surface area contributed by atoms with Gasteiger partial charge in [0.05, 0.1) is 6.61 Å². The molecule has 2 aromatic rings. The summed E-state index contributed by atoms with van der Waals surface area (Å²) < 4.78 is 26.7. The van der Waals surface area contributed by atoms with Gasteiger partial charge in [0.1, 0.15) is 0 Å². The summed E-state index contributed by atoms with van der Waals surface area (Å²) in [5.41, 5.74) is 1.36. The highest BCUT2D eigenvalue weighted by Crippen LogP contribution is 2.15. The minimum absolute atomic E-state index is 0.134. The number of aliphatic hydroxyl groups excluding tert-OH is 1. The van der Waals surface area contributed by atoms with Crippen LogP contribution in [0.4, 0.5) is 14.5 Å². The molecule has 2 aromatic carbocycles. The zero-order valence-electron chi connectivity index (χ0n) is 12.6. The van der Waals surface area contributed by atoms with Crippen molar-refractivity contribution in [2.75, 3.05) is 11.9 Å². The average Bonchev–Trinajstić information content (AvgIpc) is 2.56. The maximum atomic E-state index is 13.5. The minimum Gasteiger partial charge on any atom is -0.394 e. The molecule has 0 saturated heterocycles. The van der Waals surface area contributed by atoms with Crippen LogP contribution in [0.25, 0.3) is 0 Å². The first-order valence-corrected chi connectivity index (χ1v) is 7.20. The molecule has 0 spiro atoms. The van der Waals surface area contributed by atoms with Gasteiger partial charge in [0.15, 0.2) is 11.6 Å². The van der Waals surface area contributed by atoms with Crippen molar-refractivity contribution >= 4 is 11.6 Å². The summed E-state index contributed by atoms with van der Waals surface area (Å²) in [6.45, 7) is 1.70. The molecule has 0 bridgehead atoms. The van der Waals surface area contributed by atoms with E-state index in [9.17, 15) is 13.6 Å². The van der Waals surface area contributed by atoms with E-state index in [1.807, 2.05) is 0 Å². The van der Waals surface area contributed by atoms with Crippen LogP contribution in [0.5, 0.6) is 0 Å². The lowest BCUT2D eigenvalue weighted by molar-refractivity contribution is 0.0922. The van der Waals surface area contributed by atoms with E-state index in [0.29, 0.717) is 11.3 Å². The summed E-state index contributed by atoms with van der Waals surface area (Å²) in [6.07, 6.45) is 0. The Hall–Kier alpha value is -2.47. The fraction of sp³-hybridized carbons (Fsp3) is 0.235. The number of benzene rings is 2. The predicted octanol–water partition coefficient (Wildman–Crippen LogP) is 2.69. The molecule has 1 amide bonds. The monoisotopic (exact) mass is 320 g/mol. The van der Waals surface area contributed by atoms with E-state index >= 15 is 0 Å². The average molecular weight is 320 g/mol. The number of halogens is 2. The van der Waals surface area contributed by atoms with Gasteiger partial charge in [-0.1, -0.05) is 12.1 Å². The highest BCUT2D eigenvalue weighted by molar-refractivity contribution is 5.94. The van der Waals surface area contributed by atoms with Crippen LogP contribution in [0.15, 0.2) is 42.5 Å². The molecule has 0 aliphatic rings. The van der Waals surface area contributed by atoms with Gasteiger partial charge in [-0.2, -0.15) is 0 Å². The number of anilines is 1. The number of amides is 1. The van der Waals surface area contributed by atoms with Gasteiger partial charge >= 0.3 is 0 Å². The van der Waals surface area contributed by atoms with Gasteiger partial charge in [-0.25, -0.2) is 8.78 Å². The summed E-state index contributed by atoms with van der Waals surface area (Å²) in [5.74, 6) is -2.03. The van der Waals surface area contributed by atoms with Crippen LogP contribution in [0.1, 0.15) is 22.8 Å². The zero-order valence-corrected chi connectivity index (χ0v) is 12.6. The first kappa shape index (κ1) is 16.9. The lowest BCUT2D eigenvalue weighted by Gasteiger charge is -2.12. The number of nitrogens with one attached hydrogen (secondary N) is 2. The predicted molar refractivity (Wildman–Crippen MR) is 84.1 cm³/mol. The Morgan fingerprint density at radius 1 is 1.17 bits per heavy atom. The van der Waals surface area contributed by atoms with E-state index in [2.05, 4.69) is 10.6 Å². The maximum absolute atomic E-state index is 13.5. The third-order valence-electron chi connectivity index (χ3n) is 3.31. The van der Waals surface area contributed by atoms with Gasteiger partial charge in [0, 0.05) is 29.4 Å². The van der Waals surface area contributed by atoms with Gasteiger partial charge in [0.25, 0.3) is 5.91 Å². The van der Waals surface area contributed by atoms with Crippen molar-refractivity contribution in [1.29, 1.82) is 0 Å². The van der Waals surface area contributed by atoms with Crippen LogP contribution >= 0.6 is 0 Å². The van der Waals surface area contributed by atoms with Crippen LogP contribution in [0, 0.1) is 11.6 Å². The van der Waals surface area contributed by atoms with Crippen LogP contribution in [0.3, 0.4) is 0 Å². The van der Waals surface area contributed by atoms with E-state index < -0.39 is 11.6 Å².